The van der Waals surface area contributed by atoms with Crippen molar-refractivity contribution < 1.29 is 23.7 Å². The number of aryl methyl sites for hydroxylation is 1. The smallest absolute Gasteiger partial charge is 0.329 e. The van der Waals surface area contributed by atoms with E-state index in [1.54, 1.807) is 36.4 Å². The van der Waals surface area contributed by atoms with Crippen LogP contribution in [0.25, 0.3) is 11.3 Å². The first-order chi connectivity index (χ1) is 14.9. The van der Waals surface area contributed by atoms with Crippen molar-refractivity contribution in [3.05, 3.63) is 76.0 Å². The number of carbonyl (C=O) groups excluding carboxylic acids is 2. The summed E-state index contributed by atoms with van der Waals surface area (Å²) in [6.07, 6.45) is 1.21. The number of ether oxygens (including phenoxy) is 1. The number of carbonyl (C=O) groups is 2. The summed E-state index contributed by atoms with van der Waals surface area (Å²) in [6.45, 7) is 1.84. The average Bonchev–Trinajstić information content (AvgIpc) is 3.23. The highest BCUT2D eigenvalue weighted by molar-refractivity contribution is 6.39. The molecule has 0 aliphatic rings. The fourth-order valence-corrected chi connectivity index (χ4v) is 2.65. The second kappa shape index (κ2) is 9.35. The fraction of sp³-hybridized carbons (Fsp3) is 0.0952. The molecule has 0 unspecified atom stereocenters. The number of furan rings is 1. The van der Waals surface area contributed by atoms with Crippen molar-refractivity contribution in [1.82, 2.24) is 5.43 Å². The zero-order valence-corrected chi connectivity index (χ0v) is 16.6. The number of benzene rings is 2. The van der Waals surface area contributed by atoms with Gasteiger partial charge in [-0.3, -0.25) is 19.7 Å². The van der Waals surface area contributed by atoms with Gasteiger partial charge in [-0.15, -0.1) is 0 Å². The Morgan fingerprint density at radius 3 is 2.68 bits per heavy atom. The molecule has 0 atom stereocenters. The summed E-state index contributed by atoms with van der Waals surface area (Å²) in [6, 6.07) is 14.3. The Morgan fingerprint density at radius 1 is 1.13 bits per heavy atom. The number of non-ortho nitro benzene ring substituents is 1. The first-order valence-electron chi connectivity index (χ1n) is 9.01. The van der Waals surface area contributed by atoms with Crippen molar-refractivity contribution >= 4 is 29.4 Å². The molecule has 10 heteroatoms. The molecule has 1 aromatic heterocycles. The zero-order valence-electron chi connectivity index (χ0n) is 16.6. The van der Waals surface area contributed by atoms with Gasteiger partial charge in [0.25, 0.3) is 5.69 Å². The third-order valence-electron chi connectivity index (χ3n) is 4.14. The normalized spacial score (nSPS) is 10.6. The Balaban J connectivity index is 1.61. The van der Waals surface area contributed by atoms with Gasteiger partial charge in [0.2, 0.25) is 0 Å². The van der Waals surface area contributed by atoms with Gasteiger partial charge in [-0.1, -0.05) is 18.2 Å². The van der Waals surface area contributed by atoms with Crippen LogP contribution in [-0.2, 0) is 9.59 Å². The zero-order chi connectivity index (χ0) is 22.4. The Morgan fingerprint density at radius 2 is 1.94 bits per heavy atom. The van der Waals surface area contributed by atoms with Crippen LogP contribution < -0.4 is 15.5 Å². The van der Waals surface area contributed by atoms with Gasteiger partial charge in [-0.25, -0.2) is 5.43 Å². The summed E-state index contributed by atoms with van der Waals surface area (Å²) in [4.78, 5) is 34.5. The van der Waals surface area contributed by atoms with E-state index >= 15 is 0 Å². The third-order valence-corrected chi connectivity index (χ3v) is 4.14. The van der Waals surface area contributed by atoms with E-state index in [1.807, 2.05) is 13.0 Å². The molecule has 31 heavy (non-hydrogen) atoms. The maximum Gasteiger partial charge on any atom is 0.329 e. The second-order valence-corrected chi connectivity index (χ2v) is 6.37. The van der Waals surface area contributed by atoms with E-state index in [1.165, 1.54) is 25.5 Å². The molecule has 158 valence electrons. The first kappa shape index (κ1) is 21.2. The van der Waals surface area contributed by atoms with Crippen molar-refractivity contribution in [2.75, 3.05) is 12.4 Å². The van der Waals surface area contributed by atoms with Gasteiger partial charge in [0, 0.05) is 17.7 Å². The number of nitro groups is 1. The van der Waals surface area contributed by atoms with Crippen LogP contribution in [0.2, 0.25) is 0 Å². The van der Waals surface area contributed by atoms with Gasteiger partial charge >= 0.3 is 11.8 Å². The lowest BCUT2D eigenvalue weighted by molar-refractivity contribution is -0.384. The molecule has 0 aliphatic carbocycles. The number of methoxy groups -OCH3 is 1. The summed E-state index contributed by atoms with van der Waals surface area (Å²) < 4.78 is 10.7. The molecule has 0 saturated carbocycles. The highest BCUT2D eigenvalue weighted by atomic mass is 16.6. The number of nitrogens with one attached hydrogen (secondary N) is 2. The minimum Gasteiger partial charge on any atom is -0.495 e. The Kier molecular flexibility index (Phi) is 6.41. The molecule has 3 rings (SSSR count). The third kappa shape index (κ3) is 5.32. The number of hydrogen-bond donors (Lipinski definition) is 2. The van der Waals surface area contributed by atoms with Gasteiger partial charge in [0.15, 0.2) is 0 Å². The first-order valence-corrected chi connectivity index (χ1v) is 9.01. The predicted octanol–water partition coefficient (Wildman–Crippen LogP) is 3.26. The van der Waals surface area contributed by atoms with Crippen LogP contribution in [0.3, 0.4) is 0 Å². The highest BCUT2D eigenvalue weighted by Gasteiger charge is 2.15. The molecule has 0 aliphatic heterocycles. The quantitative estimate of drug-likeness (QED) is 0.271. The topological polar surface area (TPSA) is 136 Å². The lowest BCUT2D eigenvalue weighted by Crippen LogP contribution is -2.32. The van der Waals surface area contributed by atoms with E-state index in [9.17, 15) is 19.7 Å². The molecular formula is C21H18N4O6. The van der Waals surface area contributed by atoms with E-state index < -0.39 is 16.7 Å². The molecule has 10 nitrogen and oxygen atoms in total. The second-order valence-electron chi connectivity index (χ2n) is 6.37. The monoisotopic (exact) mass is 422 g/mol. The summed E-state index contributed by atoms with van der Waals surface area (Å²) >= 11 is 0. The molecule has 1 heterocycles. The lowest BCUT2D eigenvalue weighted by Gasteiger charge is -2.10. The minimum absolute atomic E-state index is 0.0624. The number of hydrazone groups is 1. The number of amides is 2. The van der Waals surface area contributed by atoms with E-state index in [-0.39, 0.29) is 11.4 Å². The van der Waals surface area contributed by atoms with Crippen LogP contribution in [0, 0.1) is 17.0 Å². The van der Waals surface area contributed by atoms with Crippen molar-refractivity contribution in [3.63, 3.8) is 0 Å². The molecule has 0 radical (unpaired) electrons. The molecule has 0 spiro atoms. The number of nitro benzene ring substituents is 1. The van der Waals surface area contributed by atoms with Crippen molar-refractivity contribution in [2.24, 2.45) is 5.10 Å². The van der Waals surface area contributed by atoms with Crippen LogP contribution in [0.5, 0.6) is 5.75 Å². The molecule has 2 N–H and O–H groups in total. The van der Waals surface area contributed by atoms with E-state index in [0.29, 0.717) is 22.8 Å². The molecular weight excluding hydrogens is 404 g/mol. The number of rotatable bonds is 6. The SMILES string of the molecule is COc1ccc(C)cc1NC(=O)C(=O)N/N=C/c1ccc(-c2cccc([N+](=O)[O-])c2)o1. The highest BCUT2D eigenvalue weighted by Crippen LogP contribution is 2.26. The van der Waals surface area contributed by atoms with Crippen LogP contribution in [-0.4, -0.2) is 30.1 Å². The largest absolute Gasteiger partial charge is 0.495 e. The molecule has 2 amide bonds. The van der Waals surface area contributed by atoms with Crippen LogP contribution in [0.4, 0.5) is 11.4 Å². The average molecular weight is 422 g/mol. The predicted molar refractivity (Wildman–Crippen MR) is 113 cm³/mol. The minimum atomic E-state index is -0.981. The maximum absolute atomic E-state index is 12.1. The summed E-state index contributed by atoms with van der Waals surface area (Å²) in [5, 5.41) is 17.1. The summed E-state index contributed by atoms with van der Waals surface area (Å²) in [7, 11) is 1.45. The van der Waals surface area contributed by atoms with Crippen LogP contribution in [0.15, 0.2) is 64.1 Å². The summed E-state index contributed by atoms with van der Waals surface area (Å²) in [5.41, 5.74) is 3.80. The van der Waals surface area contributed by atoms with Gasteiger partial charge in [0.05, 0.1) is 23.9 Å². The number of nitrogens with zero attached hydrogens (tertiary/aromatic N) is 2. The maximum atomic E-state index is 12.1. The van der Waals surface area contributed by atoms with Gasteiger partial charge < -0.3 is 14.5 Å². The fourth-order valence-electron chi connectivity index (χ4n) is 2.65. The van der Waals surface area contributed by atoms with Crippen LogP contribution in [0.1, 0.15) is 11.3 Å². The number of hydrogen-bond acceptors (Lipinski definition) is 7. The van der Waals surface area contributed by atoms with Gasteiger partial charge in [0.1, 0.15) is 17.3 Å². The standard InChI is InChI=1S/C21H18N4O6/c1-13-6-8-19(30-2)17(10-13)23-20(26)21(27)24-22-12-16-7-9-18(31-16)14-4-3-5-15(11-14)25(28)29/h3-12H,1-2H3,(H,23,26)(H,24,27)/b22-12+. The van der Waals surface area contributed by atoms with E-state index in [2.05, 4.69) is 15.8 Å². The summed E-state index contributed by atoms with van der Waals surface area (Å²) in [5.74, 6) is -0.814. The Bertz CT molecular complexity index is 1170. The Labute approximate surface area is 176 Å². The van der Waals surface area contributed by atoms with Gasteiger partial charge in [-0.2, -0.15) is 5.10 Å². The molecule has 0 saturated heterocycles. The lowest BCUT2D eigenvalue weighted by atomic mass is 10.1. The van der Waals surface area contributed by atoms with Gasteiger partial charge in [-0.05, 0) is 36.8 Å². The Hall–Kier alpha value is -4.47. The molecule has 3 aromatic rings. The van der Waals surface area contributed by atoms with E-state index in [0.717, 1.165) is 5.56 Å². The molecule has 2 aromatic carbocycles. The number of anilines is 1. The van der Waals surface area contributed by atoms with Crippen LogP contribution >= 0.6 is 0 Å². The molecule has 0 bridgehead atoms. The van der Waals surface area contributed by atoms with Crippen molar-refractivity contribution in [1.29, 1.82) is 0 Å². The molecule has 0 fully saturated rings. The van der Waals surface area contributed by atoms with Crippen molar-refractivity contribution in [3.8, 4) is 17.1 Å². The van der Waals surface area contributed by atoms with Crippen molar-refractivity contribution in [2.45, 2.75) is 6.92 Å². The van der Waals surface area contributed by atoms with E-state index in [4.69, 9.17) is 9.15 Å².